The normalized spacial score (nSPS) is 11.7. The maximum absolute atomic E-state index is 9.79. The van der Waals surface area contributed by atoms with E-state index < -0.39 is 6.04 Å². The molecule has 0 aromatic heterocycles. The Labute approximate surface area is 123 Å². The van der Waals surface area contributed by atoms with E-state index in [0.29, 0.717) is 5.02 Å². The number of nitrogens with one attached hydrogen (secondary N) is 1. The lowest BCUT2D eigenvalue weighted by molar-refractivity contribution is 0.466. The summed E-state index contributed by atoms with van der Waals surface area (Å²) in [5, 5.41) is 22.9. The third kappa shape index (κ3) is 3.04. The number of nitriles is 1. The van der Waals surface area contributed by atoms with Gasteiger partial charge in [-0.05, 0) is 60.9 Å². The van der Waals surface area contributed by atoms with E-state index in [1.807, 2.05) is 38.1 Å². The van der Waals surface area contributed by atoms with E-state index >= 15 is 0 Å². The second-order valence-corrected chi connectivity index (χ2v) is 5.16. The zero-order valence-electron chi connectivity index (χ0n) is 11.3. The minimum atomic E-state index is -0.494. The maximum atomic E-state index is 9.79. The van der Waals surface area contributed by atoms with Crippen molar-refractivity contribution in [3.63, 3.8) is 0 Å². The maximum Gasteiger partial charge on any atom is 0.140 e. The lowest BCUT2D eigenvalue weighted by atomic mass is 10.0. The first-order valence-electron chi connectivity index (χ1n) is 6.23. The van der Waals surface area contributed by atoms with Crippen molar-refractivity contribution in [3.8, 4) is 11.8 Å². The highest BCUT2D eigenvalue weighted by atomic mass is 35.5. The van der Waals surface area contributed by atoms with E-state index in [2.05, 4.69) is 11.4 Å². The first-order valence-corrected chi connectivity index (χ1v) is 6.61. The van der Waals surface area contributed by atoms with Gasteiger partial charge in [0.15, 0.2) is 0 Å². The van der Waals surface area contributed by atoms with Crippen LogP contribution in [0.15, 0.2) is 36.4 Å². The monoisotopic (exact) mass is 286 g/mol. The van der Waals surface area contributed by atoms with Gasteiger partial charge < -0.3 is 10.4 Å². The minimum absolute atomic E-state index is 0.271. The van der Waals surface area contributed by atoms with Gasteiger partial charge in [0.05, 0.1) is 6.07 Å². The van der Waals surface area contributed by atoms with Gasteiger partial charge in [-0.15, -0.1) is 0 Å². The molecule has 2 aromatic carbocycles. The number of nitrogens with zero attached hydrogens (tertiary/aromatic N) is 1. The summed E-state index contributed by atoms with van der Waals surface area (Å²) in [4.78, 5) is 0. The number of rotatable bonds is 3. The van der Waals surface area contributed by atoms with Crippen molar-refractivity contribution in [1.82, 2.24) is 0 Å². The first-order chi connectivity index (χ1) is 9.51. The fraction of sp³-hybridized carbons (Fsp3) is 0.188. The molecule has 0 fully saturated rings. The third-order valence-electron chi connectivity index (χ3n) is 3.11. The van der Waals surface area contributed by atoms with Gasteiger partial charge >= 0.3 is 0 Å². The fourth-order valence-corrected chi connectivity index (χ4v) is 2.28. The van der Waals surface area contributed by atoms with Crippen molar-refractivity contribution in [2.24, 2.45) is 0 Å². The third-order valence-corrected chi connectivity index (χ3v) is 3.35. The molecule has 0 spiro atoms. The van der Waals surface area contributed by atoms with Crippen molar-refractivity contribution in [2.45, 2.75) is 19.9 Å². The van der Waals surface area contributed by atoms with Crippen molar-refractivity contribution in [3.05, 3.63) is 58.1 Å². The Morgan fingerprint density at radius 2 is 1.85 bits per heavy atom. The molecule has 2 aromatic rings. The van der Waals surface area contributed by atoms with Crippen LogP contribution < -0.4 is 5.32 Å². The Morgan fingerprint density at radius 1 is 1.20 bits per heavy atom. The molecule has 4 heteroatoms. The van der Waals surface area contributed by atoms with Crippen molar-refractivity contribution in [1.29, 1.82) is 5.26 Å². The lowest BCUT2D eigenvalue weighted by Gasteiger charge is -2.15. The number of hydrogen-bond donors (Lipinski definition) is 2. The minimum Gasteiger partial charge on any atom is -0.507 e. The number of phenols is 1. The van der Waals surface area contributed by atoms with E-state index in [0.717, 1.165) is 22.4 Å². The summed E-state index contributed by atoms with van der Waals surface area (Å²) in [6.45, 7) is 3.64. The molecule has 2 N–H and O–H groups in total. The second kappa shape index (κ2) is 5.85. The van der Waals surface area contributed by atoms with E-state index in [9.17, 15) is 10.4 Å². The zero-order valence-corrected chi connectivity index (χ0v) is 12.1. The van der Waals surface area contributed by atoms with Gasteiger partial charge in [0.1, 0.15) is 11.8 Å². The van der Waals surface area contributed by atoms with Gasteiger partial charge in [-0.25, -0.2) is 0 Å². The molecule has 0 heterocycles. The molecule has 3 nitrogen and oxygen atoms in total. The molecule has 0 radical (unpaired) electrons. The molecule has 0 aliphatic carbocycles. The van der Waals surface area contributed by atoms with E-state index in [1.54, 1.807) is 12.1 Å². The van der Waals surface area contributed by atoms with Crippen LogP contribution in [0.5, 0.6) is 5.75 Å². The summed E-state index contributed by atoms with van der Waals surface area (Å²) in [7, 11) is 0. The zero-order chi connectivity index (χ0) is 14.7. The lowest BCUT2D eigenvalue weighted by Crippen LogP contribution is -2.09. The van der Waals surface area contributed by atoms with Crippen LogP contribution in [0.25, 0.3) is 0 Å². The highest BCUT2D eigenvalue weighted by Crippen LogP contribution is 2.28. The predicted octanol–water partition coefficient (Wildman–Crippen LogP) is 4.34. The Morgan fingerprint density at radius 3 is 2.40 bits per heavy atom. The van der Waals surface area contributed by atoms with Crippen LogP contribution in [0.2, 0.25) is 5.02 Å². The number of aromatic hydroxyl groups is 1. The molecule has 2 rings (SSSR count). The molecule has 0 aliphatic heterocycles. The summed E-state index contributed by atoms with van der Waals surface area (Å²) < 4.78 is 0. The fourth-order valence-electron chi connectivity index (χ4n) is 2.09. The van der Waals surface area contributed by atoms with Crippen LogP contribution in [0.3, 0.4) is 0 Å². The van der Waals surface area contributed by atoms with Gasteiger partial charge in [-0.2, -0.15) is 5.26 Å². The summed E-state index contributed by atoms with van der Waals surface area (Å²) in [6, 6.07) is 12.6. The molecule has 0 amide bonds. The molecule has 0 saturated heterocycles. The topological polar surface area (TPSA) is 56.0 Å². The van der Waals surface area contributed by atoms with Crippen LogP contribution in [-0.2, 0) is 0 Å². The SMILES string of the molecule is Cc1cc(C(C#N)Nc2cccc(Cl)c2)cc(C)c1O. The highest BCUT2D eigenvalue weighted by Gasteiger charge is 2.13. The number of anilines is 1. The average molecular weight is 287 g/mol. The van der Waals surface area contributed by atoms with Gasteiger partial charge in [0, 0.05) is 10.7 Å². The Balaban J connectivity index is 2.32. The van der Waals surface area contributed by atoms with E-state index in [4.69, 9.17) is 11.6 Å². The number of halogens is 1. The van der Waals surface area contributed by atoms with Crippen LogP contribution in [-0.4, -0.2) is 5.11 Å². The molecule has 1 atom stereocenters. The average Bonchev–Trinajstić information content (AvgIpc) is 2.41. The largest absolute Gasteiger partial charge is 0.507 e. The van der Waals surface area contributed by atoms with Crippen LogP contribution in [0.4, 0.5) is 5.69 Å². The molecule has 20 heavy (non-hydrogen) atoms. The summed E-state index contributed by atoms with van der Waals surface area (Å²) in [5.41, 5.74) is 3.12. The highest BCUT2D eigenvalue weighted by molar-refractivity contribution is 6.30. The Kier molecular flexibility index (Phi) is 4.16. The molecular formula is C16H15ClN2O. The van der Waals surface area contributed by atoms with Gasteiger partial charge in [0.25, 0.3) is 0 Å². The molecule has 0 bridgehead atoms. The van der Waals surface area contributed by atoms with E-state index in [-0.39, 0.29) is 5.75 Å². The van der Waals surface area contributed by atoms with E-state index in [1.165, 1.54) is 0 Å². The number of aryl methyl sites for hydroxylation is 2. The van der Waals surface area contributed by atoms with Crippen LogP contribution in [0, 0.1) is 25.2 Å². The number of phenolic OH excluding ortho intramolecular Hbond substituents is 1. The smallest absolute Gasteiger partial charge is 0.140 e. The molecular weight excluding hydrogens is 272 g/mol. The molecule has 102 valence electrons. The quantitative estimate of drug-likeness (QED) is 0.882. The second-order valence-electron chi connectivity index (χ2n) is 4.72. The Hall–Kier alpha value is -2.18. The molecule has 0 saturated carbocycles. The van der Waals surface area contributed by atoms with Gasteiger partial charge in [0.2, 0.25) is 0 Å². The summed E-state index contributed by atoms with van der Waals surface area (Å²) in [5.74, 6) is 0.271. The standard InChI is InChI=1S/C16H15ClN2O/c1-10-6-12(7-11(2)16(10)20)15(9-18)19-14-5-3-4-13(17)8-14/h3-8,15,19-20H,1-2H3. The predicted molar refractivity (Wildman–Crippen MR) is 81.0 cm³/mol. The number of benzene rings is 2. The summed E-state index contributed by atoms with van der Waals surface area (Å²) >= 11 is 5.93. The number of hydrogen-bond acceptors (Lipinski definition) is 3. The van der Waals surface area contributed by atoms with Gasteiger partial charge in [-0.1, -0.05) is 17.7 Å². The Bertz CT molecular complexity index is 653. The molecule has 1 unspecified atom stereocenters. The van der Waals surface area contributed by atoms with Gasteiger partial charge in [-0.3, -0.25) is 0 Å². The van der Waals surface area contributed by atoms with Crippen LogP contribution in [0.1, 0.15) is 22.7 Å². The summed E-state index contributed by atoms with van der Waals surface area (Å²) in [6.07, 6.45) is 0. The van der Waals surface area contributed by atoms with Crippen molar-refractivity contribution < 1.29 is 5.11 Å². The van der Waals surface area contributed by atoms with Crippen molar-refractivity contribution in [2.75, 3.05) is 5.32 Å². The first kappa shape index (κ1) is 14.2. The molecule has 0 aliphatic rings. The van der Waals surface area contributed by atoms with Crippen LogP contribution >= 0.6 is 11.6 Å². The van der Waals surface area contributed by atoms with Crippen molar-refractivity contribution >= 4 is 17.3 Å².